The number of hydrogen-bond donors (Lipinski definition) is 1. The lowest BCUT2D eigenvalue weighted by Crippen LogP contribution is -1.98. The molecule has 2 heterocycles. The van der Waals surface area contributed by atoms with E-state index in [1.807, 2.05) is 71.3 Å². The van der Waals surface area contributed by atoms with Crippen molar-refractivity contribution in [2.75, 3.05) is 0 Å². The summed E-state index contributed by atoms with van der Waals surface area (Å²) in [5.74, 6) is 0.603. The number of para-hydroxylation sites is 1. The minimum atomic E-state index is 0.102. The molecule has 0 saturated heterocycles. The van der Waals surface area contributed by atoms with Crippen LogP contribution >= 0.6 is 0 Å². The molecule has 0 atom stereocenters. The van der Waals surface area contributed by atoms with Crippen LogP contribution in [-0.4, -0.2) is 14.7 Å². The molecular weight excluding hydrogens is 312 g/mol. The quantitative estimate of drug-likeness (QED) is 0.523. The fraction of sp³-hybridized carbons (Fsp3) is 0.0500. The number of aromatic nitrogens is 2. The highest BCUT2D eigenvalue weighted by atomic mass is 16.3. The lowest BCUT2D eigenvalue weighted by Gasteiger charge is -2.06. The number of azo groups is 1. The van der Waals surface area contributed by atoms with Gasteiger partial charge in [-0.25, -0.2) is 4.98 Å². The van der Waals surface area contributed by atoms with E-state index in [2.05, 4.69) is 15.2 Å². The van der Waals surface area contributed by atoms with Crippen LogP contribution in [0.4, 0.5) is 11.5 Å². The SMILES string of the molecule is Oc1c(N=Nc2ccccn2)c2ccccc2n1Cc1ccccc1. The molecule has 0 bridgehead atoms. The van der Waals surface area contributed by atoms with Gasteiger partial charge in [0.1, 0.15) is 0 Å². The summed E-state index contributed by atoms with van der Waals surface area (Å²) in [6.07, 6.45) is 1.66. The average molecular weight is 328 g/mol. The maximum Gasteiger partial charge on any atom is 0.221 e. The third-order valence-corrected chi connectivity index (χ3v) is 4.00. The molecule has 4 rings (SSSR count). The fourth-order valence-corrected chi connectivity index (χ4v) is 2.81. The Bertz CT molecular complexity index is 1020. The van der Waals surface area contributed by atoms with Gasteiger partial charge >= 0.3 is 0 Å². The molecule has 0 amide bonds. The van der Waals surface area contributed by atoms with Crippen molar-refractivity contribution < 1.29 is 5.11 Å². The molecule has 0 saturated carbocycles. The predicted octanol–water partition coefficient (Wildman–Crippen LogP) is 5.21. The van der Waals surface area contributed by atoms with Gasteiger partial charge in [-0.2, -0.15) is 0 Å². The van der Waals surface area contributed by atoms with Gasteiger partial charge in [0, 0.05) is 11.6 Å². The van der Waals surface area contributed by atoms with Crippen molar-refractivity contribution in [1.82, 2.24) is 9.55 Å². The van der Waals surface area contributed by atoms with E-state index >= 15 is 0 Å². The summed E-state index contributed by atoms with van der Waals surface area (Å²) >= 11 is 0. The summed E-state index contributed by atoms with van der Waals surface area (Å²) in [7, 11) is 0. The van der Waals surface area contributed by atoms with Gasteiger partial charge in [-0.1, -0.05) is 54.6 Å². The van der Waals surface area contributed by atoms with E-state index in [0.717, 1.165) is 16.5 Å². The molecule has 0 radical (unpaired) electrons. The number of rotatable bonds is 4. The van der Waals surface area contributed by atoms with Crippen LogP contribution in [0.2, 0.25) is 0 Å². The van der Waals surface area contributed by atoms with Gasteiger partial charge in [0.15, 0.2) is 11.5 Å². The zero-order chi connectivity index (χ0) is 17.1. The Balaban J connectivity index is 1.80. The van der Waals surface area contributed by atoms with Crippen molar-refractivity contribution in [3.8, 4) is 5.88 Å². The largest absolute Gasteiger partial charge is 0.493 e. The van der Waals surface area contributed by atoms with E-state index in [-0.39, 0.29) is 5.88 Å². The van der Waals surface area contributed by atoms with Crippen molar-refractivity contribution in [1.29, 1.82) is 0 Å². The maximum absolute atomic E-state index is 10.7. The number of pyridine rings is 1. The lowest BCUT2D eigenvalue weighted by molar-refractivity contribution is 0.429. The normalized spacial score (nSPS) is 11.4. The second-order valence-electron chi connectivity index (χ2n) is 5.65. The molecule has 4 aromatic rings. The molecule has 1 N–H and O–H groups in total. The van der Waals surface area contributed by atoms with Crippen molar-refractivity contribution in [2.24, 2.45) is 10.2 Å². The number of hydrogen-bond acceptors (Lipinski definition) is 4. The van der Waals surface area contributed by atoms with E-state index in [4.69, 9.17) is 0 Å². The Hall–Kier alpha value is -3.47. The van der Waals surface area contributed by atoms with Crippen LogP contribution in [0.1, 0.15) is 5.56 Å². The zero-order valence-corrected chi connectivity index (χ0v) is 13.4. The highest BCUT2D eigenvalue weighted by Gasteiger charge is 2.16. The molecule has 2 aromatic heterocycles. The summed E-state index contributed by atoms with van der Waals surface area (Å²) in [6, 6.07) is 23.2. The first-order valence-corrected chi connectivity index (χ1v) is 8.00. The lowest BCUT2D eigenvalue weighted by atomic mass is 10.2. The Labute approximate surface area is 144 Å². The van der Waals surface area contributed by atoms with Gasteiger partial charge in [0.2, 0.25) is 5.88 Å². The average Bonchev–Trinajstić information content (AvgIpc) is 2.93. The standard InChI is InChI=1S/C20H16N4O/c25-20-19(23-22-18-12-6-7-13-21-18)16-10-4-5-11-17(16)24(20)14-15-8-2-1-3-9-15/h1-13,25H,14H2. The molecule has 0 aliphatic carbocycles. The molecule has 122 valence electrons. The second kappa shape index (κ2) is 6.57. The molecule has 5 heteroatoms. The number of aromatic hydroxyl groups is 1. The highest BCUT2D eigenvalue weighted by Crippen LogP contribution is 2.39. The topological polar surface area (TPSA) is 62.8 Å². The van der Waals surface area contributed by atoms with Crippen molar-refractivity contribution >= 4 is 22.4 Å². The molecule has 0 spiro atoms. The Morgan fingerprint density at radius 2 is 1.60 bits per heavy atom. The summed E-state index contributed by atoms with van der Waals surface area (Å²) in [6.45, 7) is 0.562. The Kier molecular flexibility index (Phi) is 3.96. The monoisotopic (exact) mass is 328 g/mol. The first-order valence-electron chi connectivity index (χ1n) is 8.00. The number of benzene rings is 2. The fourth-order valence-electron chi connectivity index (χ4n) is 2.81. The van der Waals surface area contributed by atoms with Gasteiger partial charge < -0.3 is 9.67 Å². The second-order valence-corrected chi connectivity index (χ2v) is 5.65. The summed E-state index contributed by atoms with van der Waals surface area (Å²) < 4.78 is 1.84. The van der Waals surface area contributed by atoms with Crippen LogP contribution < -0.4 is 0 Å². The molecule has 0 aliphatic heterocycles. The van der Waals surface area contributed by atoms with Crippen LogP contribution in [0.15, 0.2) is 89.2 Å². The van der Waals surface area contributed by atoms with Crippen LogP contribution in [0.3, 0.4) is 0 Å². The van der Waals surface area contributed by atoms with Crippen molar-refractivity contribution in [3.63, 3.8) is 0 Å². The van der Waals surface area contributed by atoms with E-state index < -0.39 is 0 Å². The third-order valence-electron chi connectivity index (χ3n) is 4.00. The summed E-state index contributed by atoms with van der Waals surface area (Å²) in [5, 5.41) is 20.0. The molecule has 0 aliphatic rings. The van der Waals surface area contributed by atoms with E-state index in [1.54, 1.807) is 12.3 Å². The van der Waals surface area contributed by atoms with Crippen LogP contribution in [-0.2, 0) is 6.54 Å². The zero-order valence-electron chi connectivity index (χ0n) is 13.4. The summed E-state index contributed by atoms with van der Waals surface area (Å²) in [4.78, 5) is 4.13. The smallest absolute Gasteiger partial charge is 0.221 e. The molecular formula is C20H16N4O. The molecule has 25 heavy (non-hydrogen) atoms. The number of fused-ring (bicyclic) bond motifs is 1. The minimum Gasteiger partial charge on any atom is -0.493 e. The predicted molar refractivity (Wildman–Crippen MR) is 97.6 cm³/mol. The van der Waals surface area contributed by atoms with Gasteiger partial charge in [-0.15, -0.1) is 10.2 Å². The Morgan fingerprint density at radius 1 is 0.840 bits per heavy atom. The van der Waals surface area contributed by atoms with Gasteiger partial charge in [0.25, 0.3) is 0 Å². The van der Waals surface area contributed by atoms with E-state index in [0.29, 0.717) is 18.1 Å². The first kappa shape index (κ1) is 15.1. The third kappa shape index (κ3) is 2.99. The molecule has 2 aromatic carbocycles. The van der Waals surface area contributed by atoms with Crippen LogP contribution in [0.25, 0.3) is 10.9 Å². The van der Waals surface area contributed by atoms with Crippen LogP contribution in [0, 0.1) is 0 Å². The molecule has 5 nitrogen and oxygen atoms in total. The minimum absolute atomic E-state index is 0.102. The Morgan fingerprint density at radius 3 is 2.40 bits per heavy atom. The van der Waals surface area contributed by atoms with E-state index in [9.17, 15) is 5.11 Å². The van der Waals surface area contributed by atoms with Crippen molar-refractivity contribution in [2.45, 2.75) is 6.54 Å². The maximum atomic E-state index is 10.7. The number of nitrogens with zero attached hydrogens (tertiary/aromatic N) is 4. The van der Waals surface area contributed by atoms with Gasteiger partial charge in [-0.3, -0.25) is 0 Å². The molecule has 0 fully saturated rings. The van der Waals surface area contributed by atoms with Crippen molar-refractivity contribution in [3.05, 3.63) is 84.6 Å². The summed E-state index contributed by atoms with van der Waals surface area (Å²) in [5.41, 5.74) is 2.47. The van der Waals surface area contributed by atoms with Gasteiger partial charge in [0.05, 0.1) is 12.1 Å². The first-order chi connectivity index (χ1) is 12.3. The highest BCUT2D eigenvalue weighted by molar-refractivity contribution is 5.95. The van der Waals surface area contributed by atoms with Gasteiger partial charge in [-0.05, 0) is 23.8 Å². The molecule has 0 unspecified atom stereocenters. The van der Waals surface area contributed by atoms with E-state index in [1.165, 1.54) is 0 Å². The van der Waals surface area contributed by atoms with Crippen LogP contribution in [0.5, 0.6) is 5.88 Å².